The van der Waals surface area contributed by atoms with Crippen LogP contribution in [0, 0.1) is 11.3 Å². The van der Waals surface area contributed by atoms with Gasteiger partial charge in [-0.15, -0.1) is 0 Å². The van der Waals surface area contributed by atoms with Crippen LogP contribution in [0.25, 0.3) is 0 Å². The van der Waals surface area contributed by atoms with Gasteiger partial charge in [-0.1, -0.05) is 20.8 Å². The summed E-state index contributed by atoms with van der Waals surface area (Å²) >= 11 is 0. The van der Waals surface area contributed by atoms with Crippen molar-refractivity contribution in [3.63, 3.8) is 0 Å². The van der Waals surface area contributed by atoms with E-state index in [-0.39, 0.29) is 5.91 Å². The highest BCUT2D eigenvalue weighted by molar-refractivity contribution is 5.84. The summed E-state index contributed by atoms with van der Waals surface area (Å²) in [6, 6.07) is -0.802. The molecule has 1 rings (SSSR count). The zero-order valence-electron chi connectivity index (χ0n) is 9.54. The smallest absolute Gasteiger partial charge is 0.326 e. The summed E-state index contributed by atoms with van der Waals surface area (Å²) in [6.45, 7) is 5.43. The van der Waals surface area contributed by atoms with Gasteiger partial charge in [-0.05, 0) is 24.2 Å². The van der Waals surface area contributed by atoms with Gasteiger partial charge in [0.15, 0.2) is 0 Å². The van der Waals surface area contributed by atoms with Crippen LogP contribution in [0.5, 0.6) is 0 Å². The summed E-state index contributed by atoms with van der Waals surface area (Å²) in [5.74, 6) is -0.620. The summed E-state index contributed by atoms with van der Waals surface area (Å²) in [5.41, 5.74) is -0.453. The molecule has 0 aromatic rings. The van der Waals surface area contributed by atoms with Crippen molar-refractivity contribution in [1.29, 1.82) is 0 Å². The fourth-order valence-electron chi connectivity index (χ4n) is 1.45. The second kappa shape index (κ2) is 4.21. The van der Waals surface area contributed by atoms with Crippen molar-refractivity contribution in [2.24, 2.45) is 11.3 Å². The van der Waals surface area contributed by atoms with Gasteiger partial charge in [0.05, 0.1) is 0 Å². The highest BCUT2D eigenvalue weighted by atomic mass is 16.4. The maximum absolute atomic E-state index is 11.5. The van der Waals surface area contributed by atoms with Gasteiger partial charge in [0.2, 0.25) is 5.91 Å². The monoisotopic (exact) mass is 213 g/mol. The third kappa shape index (κ3) is 3.90. The van der Waals surface area contributed by atoms with E-state index in [1.54, 1.807) is 0 Å². The molecule has 0 aliphatic heterocycles. The molecule has 0 saturated heterocycles. The van der Waals surface area contributed by atoms with Gasteiger partial charge >= 0.3 is 5.97 Å². The molecule has 1 fully saturated rings. The molecule has 86 valence electrons. The molecule has 0 unspecified atom stereocenters. The van der Waals surface area contributed by atoms with Crippen LogP contribution in [0.1, 0.15) is 40.0 Å². The summed E-state index contributed by atoms with van der Waals surface area (Å²) in [7, 11) is 0. The Bertz CT molecular complexity index is 263. The molecule has 1 amide bonds. The lowest BCUT2D eigenvalue weighted by molar-refractivity contribution is -0.145. The lowest BCUT2D eigenvalue weighted by Crippen LogP contribution is -2.49. The first-order valence-electron chi connectivity index (χ1n) is 5.33. The van der Waals surface area contributed by atoms with Crippen molar-refractivity contribution in [1.82, 2.24) is 5.32 Å². The number of aliphatic carboxylic acids is 1. The number of carboxylic acids is 1. The molecule has 1 aliphatic carbocycles. The Morgan fingerprint density at radius 3 is 2.27 bits per heavy atom. The van der Waals surface area contributed by atoms with Crippen LogP contribution < -0.4 is 5.32 Å². The average molecular weight is 213 g/mol. The fourth-order valence-corrected chi connectivity index (χ4v) is 1.45. The van der Waals surface area contributed by atoms with E-state index in [0.717, 1.165) is 12.8 Å². The first kappa shape index (κ1) is 12.0. The number of carbonyl (C=O) groups is 2. The van der Waals surface area contributed by atoms with Crippen molar-refractivity contribution in [3.05, 3.63) is 0 Å². The zero-order valence-corrected chi connectivity index (χ0v) is 9.54. The predicted molar refractivity (Wildman–Crippen MR) is 56.4 cm³/mol. The average Bonchev–Trinajstić information content (AvgIpc) is 2.81. The minimum atomic E-state index is -0.966. The minimum absolute atomic E-state index is 0.139. The van der Waals surface area contributed by atoms with E-state index in [9.17, 15) is 9.59 Å². The second-order valence-electron chi connectivity index (χ2n) is 5.35. The first-order valence-corrected chi connectivity index (χ1v) is 5.33. The molecular formula is C11H19NO3. The van der Waals surface area contributed by atoms with Crippen LogP contribution in [0.15, 0.2) is 0 Å². The van der Waals surface area contributed by atoms with Gasteiger partial charge in [-0.3, -0.25) is 4.79 Å². The van der Waals surface area contributed by atoms with E-state index in [2.05, 4.69) is 5.32 Å². The molecule has 1 atom stereocenters. The zero-order chi connectivity index (χ0) is 11.6. The normalized spacial score (nSPS) is 18.3. The SMILES string of the molecule is CC(C)(C)[C@H](NC(=O)CC1CC1)C(=O)O. The molecule has 0 aromatic heterocycles. The molecule has 1 aliphatic rings. The number of rotatable bonds is 4. The Kier molecular flexibility index (Phi) is 3.37. The quantitative estimate of drug-likeness (QED) is 0.741. The molecule has 0 radical (unpaired) electrons. The number of hydrogen-bond acceptors (Lipinski definition) is 2. The third-order valence-corrected chi connectivity index (χ3v) is 2.59. The van der Waals surface area contributed by atoms with E-state index in [1.165, 1.54) is 0 Å². The van der Waals surface area contributed by atoms with E-state index in [1.807, 2.05) is 20.8 Å². The molecule has 1 saturated carbocycles. The van der Waals surface area contributed by atoms with Crippen molar-refractivity contribution in [2.75, 3.05) is 0 Å². The number of amides is 1. The van der Waals surface area contributed by atoms with Crippen molar-refractivity contribution in [2.45, 2.75) is 46.1 Å². The lowest BCUT2D eigenvalue weighted by atomic mass is 9.86. The number of carboxylic acid groups (broad SMARTS) is 1. The highest BCUT2D eigenvalue weighted by Gasteiger charge is 2.34. The molecule has 0 heterocycles. The Morgan fingerprint density at radius 1 is 1.40 bits per heavy atom. The van der Waals surface area contributed by atoms with Crippen molar-refractivity contribution < 1.29 is 14.7 Å². The van der Waals surface area contributed by atoms with Crippen molar-refractivity contribution in [3.8, 4) is 0 Å². The van der Waals surface area contributed by atoms with Gasteiger partial charge in [0.1, 0.15) is 6.04 Å². The lowest BCUT2D eigenvalue weighted by Gasteiger charge is -2.27. The van der Waals surface area contributed by atoms with Crippen LogP contribution in [0.4, 0.5) is 0 Å². The van der Waals surface area contributed by atoms with Gasteiger partial charge < -0.3 is 10.4 Å². The molecule has 4 heteroatoms. The Balaban J connectivity index is 2.49. The van der Waals surface area contributed by atoms with Gasteiger partial charge in [-0.25, -0.2) is 4.79 Å². The molecule has 0 bridgehead atoms. The fraction of sp³-hybridized carbons (Fsp3) is 0.818. The Labute approximate surface area is 90.0 Å². The molecule has 4 nitrogen and oxygen atoms in total. The van der Waals surface area contributed by atoms with E-state index < -0.39 is 17.4 Å². The van der Waals surface area contributed by atoms with Crippen LogP contribution in [-0.2, 0) is 9.59 Å². The third-order valence-electron chi connectivity index (χ3n) is 2.59. The Morgan fingerprint density at radius 2 is 1.93 bits per heavy atom. The van der Waals surface area contributed by atoms with Crippen molar-refractivity contribution >= 4 is 11.9 Å². The van der Waals surface area contributed by atoms with Gasteiger partial charge in [0, 0.05) is 6.42 Å². The maximum atomic E-state index is 11.5. The van der Waals surface area contributed by atoms with Crippen LogP contribution in [0.2, 0.25) is 0 Å². The largest absolute Gasteiger partial charge is 0.480 e. The molecular weight excluding hydrogens is 194 g/mol. The standard InChI is InChI=1S/C11H19NO3/c1-11(2,3)9(10(14)15)12-8(13)6-7-4-5-7/h7,9H,4-6H2,1-3H3,(H,12,13)(H,14,15)/t9-/m1/s1. The molecule has 0 spiro atoms. The summed E-state index contributed by atoms with van der Waals surface area (Å²) in [6.07, 6.45) is 2.67. The van der Waals surface area contributed by atoms with E-state index in [4.69, 9.17) is 5.11 Å². The van der Waals surface area contributed by atoms with E-state index >= 15 is 0 Å². The van der Waals surface area contributed by atoms with Gasteiger partial charge in [-0.2, -0.15) is 0 Å². The topological polar surface area (TPSA) is 66.4 Å². The number of hydrogen-bond donors (Lipinski definition) is 2. The maximum Gasteiger partial charge on any atom is 0.326 e. The number of carbonyl (C=O) groups excluding carboxylic acids is 1. The minimum Gasteiger partial charge on any atom is -0.480 e. The summed E-state index contributed by atoms with van der Waals surface area (Å²) in [5, 5.41) is 11.6. The van der Waals surface area contributed by atoms with E-state index in [0.29, 0.717) is 12.3 Å². The van der Waals surface area contributed by atoms with Gasteiger partial charge in [0.25, 0.3) is 0 Å². The Hall–Kier alpha value is -1.06. The highest BCUT2D eigenvalue weighted by Crippen LogP contribution is 2.32. The molecule has 0 aromatic carbocycles. The molecule has 2 N–H and O–H groups in total. The summed E-state index contributed by atoms with van der Waals surface area (Å²) < 4.78 is 0. The van der Waals surface area contributed by atoms with Crippen LogP contribution in [0.3, 0.4) is 0 Å². The predicted octanol–water partition coefficient (Wildman–Crippen LogP) is 1.40. The van der Waals surface area contributed by atoms with Crippen LogP contribution in [-0.4, -0.2) is 23.0 Å². The first-order chi connectivity index (χ1) is 6.80. The second-order valence-corrected chi connectivity index (χ2v) is 5.35. The number of nitrogens with one attached hydrogen (secondary N) is 1. The van der Waals surface area contributed by atoms with Crippen LogP contribution >= 0.6 is 0 Å². The summed E-state index contributed by atoms with van der Waals surface area (Å²) in [4.78, 5) is 22.4. The molecule has 15 heavy (non-hydrogen) atoms.